The van der Waals surface area contributed by atoms with Crippen LogP contribution in [0.15, 0.2) is 36.7 Å². The molecule has 1 aromatic heterocycles. The lowest BCUT2D eigenvalue weighted by Gasteiger charge is -2.15. The van der Waals surface area contributed by atoms with Crippen molar-refractivity contribution in [2.45, 2.75) is 19.0 Å². The summed E-state index contributed by atoms with van der Waals surface area (Å²) in [5.41, 5.74) is 7.77. The fourth-order valence-corrected chi connectivity index (χ4v) is 2.65. The third-order valence-electron chi connectivity index (χ3n) is 3.97. The number of nitrogens with one attached hydrogen (secondary N) is 1. The predicted octanol–water partition coefficient (Wildman–Crippen LogP) is 0.836. The summed E-state index contributed by atoms with van der Waals surface area (Å²) in [5.74, 6) is -0.357. The number of amides is 2. The Morgan fingerprint density at radius 3 is 2.67 bits per heavy atom. The fourth-order valence-electron chi connectivity index (χ4n) is 2.65. The third kappa shape index (κ3) is 3.58. The minimum Gasteiger partial charge on any atom is -0.340 e. The minimum absolute atomic E-state index is 0. The van der Waals surface area contributed by atoms with E-state index in [0.717, 1.165) is 11.3 Å². The Kier molecular flexibility index (Phi) is 5.58. The number of carbonyl (C=O) groups excluding carboxylic acids is 2. The van der Waals surface area contributed by atoms with Crippen LogP contribution in [0.2, 0.25) is 0 Å². The van der Waals surface area contributed by atoms with Crippen molar-refractivity contribution in [2.75, 3.05) is 11.4 Å². The van der Waals surface area contributed by atoms with Crippen LogP contribution in [-0.4, -0.2) is 34.2 Å². The van der Waals surface area contributed by atoms with Crippen LogP contribution in [0.5, 0.6) is 0 Å². The molecule has 1 saturated heterocycles. The molecule has 0 aliphatic carbocycles. The van der Waals surface area contributed by atoms with Gasteiger partial charge in [-0.25, -0.2) is 0 Å². The molecule has 2 amide bonds. The Labute approximate surface area is 146 Å². The first-order valence-electron chi connectivity index (χ1n) is 7.48. The lowest BCUT2D eigenvalue weighted by molar-refractivity contribution is -0.118. The second kappa shape index (κ2) is 7.46. The highest BCUT2D eigenvalue weighted by Crippen LogP contribution is 2.21. The van der Waals surface area contributed by atoms with E-state index in [4.69, 9.17) is 5.73 Å². The van der Waals surface area contributed by atoms with E-state index in [-0.39, 0.29) is 24.2 Å². The summed E-state index contributed by atoms with van der Waals surface area (Å²) in [6.45, 7) is 1.00. The Morgan fingerprint density at radius 2 is 2.08 bits per heavy atom. The predicted molar refractivity (Wildman–Crippen MR) is 93.0 cm³/mol. The van der Waals surface area contributed by atoms with E-state index in [1.165, 1.54) is 0 Å². The first-order valence-corrected chi connectivity index (χ1v) is 7.48. The zero-order valence-electron chi connectivity index (χ0n) is 13.3. The summed E-state index contributed by atoms with van der Waals surface area (Å²) in [4.78, 5) is 26.4. The first kappa shape index (κ1) is 18.0. The van der Waals surface area contributed by atoms with Gasteiger partial charge in [-0.3, -0.25) is 14.3 Å². The number of anilines is 1. The first-order chi connectivity index (χ1) is 11.1. The van der Waals surface area contributed by atoms with E-state index in [1.54, 1.807) is 41.2 Å². The molecule has 0 bridgehead atoms. The maximum atomic E-state index is 12.4. The van der Waals surface area contributed by atoms with Crippen LogP contribution < -0.4 is 16.0 Å². The number of nitrogens with two attached hydrogens (primary N) is 1. The van der Waals surface area contributed by atoms with Gasteiger partial charge in [0.1, 0.15) is 6.04 Å². The lowest BCUT2D eigenvalue weighted by Crippen LogP contribution is -2.41. The molecule has 2 heterocycles. The van der Waals surface area contributed by atoms with Gasteiger partial charge in [0.05, 0.1) is 11.9 Å². The van der Waals surface area contributed by atoms with Crippen LogP contribution in [0, 0.1) is 0 Å². The Bertz CT molecular complexity index is 728. The Balaban J connectivity index is 0.00000208. The quantitative estimate of drug-likeness (QED) is 0.855. The van der Waals surface area contributed by atoms with E-state index < -0.39 is 6.04 Å². The molecule has 1 aromatic carbocycles. The van der Waals surface area contributed by atoms with Gasteiger partial charge in [0.25, 0.3) is 5.91 Å². The molecule has 1 atom stereocenters. The lowest BCUT2D eigenvalue weighted by atomic mass is 10.1. The minimum atomic E-state index is -0.503. The number of rotatable bonds is 4. The molecule has 0 spiro atoms. The highest BCUT2D eigenvalue weighted by molar-refractivity contribution is 6.03. The van der Waals surface area contributed by atoms with Gasteiger partial charge in [-0.15, -0.1) is 12.4 Å². The van der Waals surface area contributed by atoms with Crippen molar-refractivity contribution < 1.29 is 9.59 Å². The summed E-state index contributed by atoms with van der Waals surface area (Å²) >= 11 is 0. The van der Waals surface area contributed by atoms with Crippen LogP contribution in [0.1, 0.15) is 22.3 Å². The molecule has 1 aliphatic heterocycles. The second-order valence-corrected chi connectivity index (χ2v) is 5.58. The van der Waals surface area contributed by atoms with Crippen molar-refractivity contribution in [1.29, 1.82) is 0 Å². The molecule has 3 rings (SSSR count). The van der Waals surface area contributed by atoms with Crippen LogP contribution >= 0.6 is 12.4 Å². The molecule has 1 aliphatic rings. The van der Waals surface area contributed by atoms with Crippen molar-refractivity contribution in [3.8, 4) is 0 Å². The molecule has 3 N–H and O–H groups in total. The van der Waals surface area contributed by atoms with Crippen LogP contribution in [0.3, 0.4) is 0 Å². The normalized spacial score (nSPS) is 16.8. The molecule has 0 saturated carbocycles. The summed E-state index contributed by atoms with van der Waals surface area (Å²) in [6, 6.07) is 6.56. The van der Waals surface area contributed by atoms with Gasteiger partial charge in [-0.2, -0.15) is 5.10 Å². The van der Waals surface area contributed by atoms with E-state index in [1.807, 2.05) is 12.1 Å². The topological polar surface area (TPSA) is 93.2 Å². The number of aromatic nitrogens is 2. The highest BCUT2D eigenvalue weighted by atomic mass is 35.5. The third-order valence-corrected chi connectivity index (χ3v) is 3.97. The Hall–Kier alpha value is -2.38. The summed E-state index contributed by atoms with van der Waals surface area (Å²) < 4.78 is 1.65. The number of carbonyl (C=O) groups is 2. The van der Waals surface area contributed by atoms with Gasteiger partial charge >= 0.3 is 0 Å². The smallest absolute Gasteiger partial charge is 0.251 e. The molecule has 1 fully saturated rings. The summed E-state index contributed by atoms with van der Waals surface area (Å²) in [5, 5.41) is 6.87. The molecule has 8 heteroatoms. The van der Waals surface area contributed by atoms with Gasteiger partial charge < -0.3 is 16.0 Å². The zero-order chi connectivity index (χ0) is 16.4. The molecular weight excluding hydrogens is 330 g/mol. The van der Waals surface area contributed by atoms with Crippen LogP contribution in [0.25, 0.3) is 0 Å². The van der Waals surface area contributed by atoms with Crippen molar-refractivity contribution in [3.63, 3.8) is 0 Å². The highest BCUT2D eigenvalue weighted by Gasteiger charge is 2.34. The van der Waals surface area contributed by atoms with Gasteiger partial charge in [-0.1, -0.05) is 12.1 Å². The molecule has 128 valence electrons. The molecule has 7 nitrogen and oxygen atoms in total. The van der Waals surface area contributed by atoms with Gasteiger partial charge in [-0.05, 0) is 24.1 Å². The maximum absolute atomic E-state index is 12.4. The molecule has 1 unspecified atom stereocenters. The largest absolute Gasteiger partial charge is 0.340 e. The number of benzene rings is 1. The van der Waals surface area contributed by atoms with E-state index >= 15 is 0 Å². The monoisotopic (exact) mass is 349 g/mol. The number of halogens is 1. The van der Waals surface area contributed by atoms with E-state index in [9.17, 15) is 9.59 Å². The average Bonchev–Trinajstić information content (AvgIpc) is 3.14. The van der Waals surface area contributed by atoms with Crippen LogP contribution in [-0.2, 0) is 18.4 Å². The van der Waals surface area contributed by atoms with Crippen molar-refractivity contribution in [1.82, 2.24) is 15.1 Å². The number of nitrogens with zero attached hydrogens (tertiary/aromatic N) is 3. The zero-order valence-corrected chi connectivity index (χ0v) is 14.1. The maximum Gasteiger partial charge on any atom is 0.251 e. The van der Waals surface area contributed by atoms with Gasteiger partial charge in [0.2, 0.25) is 5.91 Å². The van der Waals surface area contributed by atoms with Crippen molar-refractivity contribution in [3.05, 3.63) is 47.8 Å². The average molecular weight is 350 g/mol. The van der Waals surface area contributed by atoms with E-state index in [2.05, 4.69) is 10.4 Å². The molecule has 2 aromatic rings. The summed E-state index contributed by atoms with van der Waals surface area (Å²) in [6.07, 6.45) is 4.02. The molecule has 0 radical (unpaired) electrons. The second-order valence-electron chi connectivity index (χ2n) is 5.58. The van der Waals surface area contributed by atoms with Gasteiger partial charge in [0.15, 0.2) is 0 Å². The number of hydrogen-bond donors (Lipinski definition) is 2. The SMILES string of the molecule is Cl.Cn1cc(N2CCC(NC(=O)c3ccc(CN)cc3)C2=O)cn1. The number of aryl methyl sites for hydroxylation is 1. The van der Waals surface area contributed by atoms with Gasteiger partial charge in [0, 0.05) is 31.9 Å². The molecular formula is C16H20ClN5O2. The van der Waals surface area contributed by atoms with E-state index in [0.29, 0.717) is 25.1 Å². The van der Waals surface area contributed by atoms with Crippen molar-refractivity contribution >= 4 is 29.9 Å². The van der Waals surface area contributed by atoms with Crippen LogP contribution in [0.4, 0.5) is 5.69 Å². The fraction of sp³-hybridized carbons (Fsp3) is 0.312. The molecule has 24 heavy (non-hydrogen) atoms. The standard InChI is InChI=1S/C16H19N5O2.ClH/c1-20-10-13(9-18-20)21-7-6-14(16(21)23)19-15(22)12-4-2-11(8-17)3-5-12;/h2-5,9-10,14H,6-8,17H2,1H3,(H,19,22);1H. The number of hydrogen-bond acceptors (Lipinski definition) is 4. The van der Waals surface area contributed by atoms with Crippen molar-refractivity contribution in [2.24, 2.45) is 12.8 Å². The summed E-state index contributed by atoms with van der Waals surface area (Å²) in [7, 11) is 1.80. The Morgan fingerprint density at radius 1 is 1.38 bits per heavy atom.